The predicted molar refractivity (Wildman–Crippen MR) is 65.6 cm³/mol. The Labute approximate surface area is 101 Å². The summed E-state index contributed by atoms with van der Waals surface area (Å²) in [6, 6.07) is 0. The van der Waals surface area contributed by atoms with Gasteiger partial charge >= 0.3 is 0 Å². The first-order valence-electron chi connectivity index (χ1n) is 6.22. The lowest BCUT2D eigenvalue weighted by atomic mass is 9.99. The van der Waals surface area contributed by atoms with Crippen LogP contribution < -0.4 is 10.6 Å². The Balaban J connectivity index is 1.66. The smallest absolute Gasteiger partial charge is 0.240 e. The summed E-state index contributed by atoms with van der Waals surface area (Å²) in [5.74, 6) is 1.10. The van der Waals surface area contributed by atoms with Crippen molar-refractivity contribution in [2.75, 3.05) is 13.1 Å². The van der Waals surface area contributed by atoms with Crippen LogP contribution in [0.15, 0.2) is 12.4 Å². The molecular formula is C12H20N4O. The number of nitrogens with zero attached hydrogens (tertiary/aromatic N) is 1. The van der Waals surface area contributed by atoms with Crippen LogP contribution in [0.2, 0.25) is 0 Å². The van der Waals surface area contributed by atoms with E-state index in [-0.39, 0.29) is 11.4 Å². The van der Waals surface area contributed by atoms with Crippen molar-refractivity contribution in [3.8, 4) is 0 Å². The van der Waals surface area contributed by atoms with Crippen LogP contribution >= 0.6 is 0 Å². The average molecular weight is 236 g/mol. The molecule has 0 aromatic carbocycles. The third-order valence-electron chi connectivity index (χ3n) is 3.30. The molecule has 2 rings (SSSR count). The Morgan fingerprint density at radius 2 is 2.53 bits per heavy atom. The largest absolute Gasteiger partial charge is 0.354 e. The molecule has 0 radical (unpaired) electrons. The molecule has 1 aromatic rings. The number of aromatic nitrogens is 2. The van der Waals surface area contributed by atoms with E-state index in [4.69, 9.17) is 0 Å². The highest BCUT2D eigenvalue weighted by Crippen LogP contribution is 2.18. The molecule has 2 heterocycles. The Hall–Kier alpha value is -1.36. The van der Waals surface area contributed by atoms with E-state index >= 15 is 0 Å². The summed E-state index contributed by atoms with van der Waals surface area (Å²) in [5, 5.41) is 6.24. The molecule has 0 bridgehead atoms. The summed E-state index contributed by atoms with van der Waals surface area (Å²) in [5.41, 5.74) is -0.356. The van der Waals surface area contributed by atoms with Gasteiger partial charge in [-0.3, -0.25) is 4.79 Å². The Morgan fingerprint density at radius 1 is 1.65 bits per heavy atom. The predicted octanol–water partition coefficient (Wildman–Crippen LogP) is 0.601. The van der Waals surface area contributed by atoms with E-state index in [2.05, 4.69) is 20.6 Å². The third kappa shape index (κ3) is 3.06. The molecule has 1 amide bonds. The quantitative estimate of drug-likeness (QED) is 0.656. The molecule has 1 fully saturated rings. The minimum absolute atomic E-state index is 0.120. The van der Waals surface area contributed by atoms with Crippen molar-refractivity contribution in [1.82, 2.24) is 20.6 Å². The molecule has 1 aromatic heterocycles. The van der Waals surface area contributed by atoms with Gasteiger partial charge in [0.25, 0.3) is 0 Å². The number of rotatable bonds is 5. The molecule has 5 heteroatoms. The molecule has 5 nitrogen and oxygen atoms in total. The van der Waals surface area contributed by atoms with E-state index in [1.165, 1.54) is 0 Å². The summed E-state index contributed by atoms with van der Waals surface area (Å²) in [4.78, 5) is 19.1. The van der Waals surface area contributed by atoms with E-state index < -0.39 is 0 Å². The third-order valence-corrected chi connectivity index (χ3v) is 3.30. The van der Waals surface area contributed by atoms with Crippen molar-refractivity contribution < 1.29 is 4.79 Å². The molecule has 1 unspecified atom stereocenters. The van der Waals surface area contributed by atoms with Gasteiger partial charge in [-0.1, -0.05) is 0 Å². The maximum atomic E-state index is 11.9. The summed E-state index contributed by atoms with van der Waals surface area (Å²) < 4.78 is 0. The number of carbonyl (C=O) groups is 1. The summed E-state index contributed by atoms with van der Waals surface area (Å²) >= 11 is 0. The van der Waals surface area contributed by atoms with E-state index in [1.807, 2.05) is 13.1 Å². The molecule has 17 heavy (non-hydrogen) atoms. The van der Waals surface area contributed by atoms with Gasteiger partial charge in [0.05, 0.1) is 5.54 Å². The Kier molecular flexibility index (Phi) is 3.78. The van der Waals surface area contributed by atoms with Gasteiger partial charge in [0.1, 0.15) is 5.82 Å². The number of hydrogen-bond donors (Lipinski definition) is 3. The maximum absolute atomic E-state index is 11.9. The molecule has 1 aliphatic heterocycles. The first kappa shape index (κ1) is 12.1. The van der Waals surface area contributed by atoms with E-state index in [9.17, 15) is 4.79 Å². The van der Waals surface area contributed by atoms with Gasteiger partial charge in [0.2, 0.25) is 5.91 Å². The average Bonchev–Trinajstić information content (AvgIpc) is 2.96. The second kappa shape index (κ2) is 5.31. The number of carbonyl (C=O) groups excluding carboxylic acids is 1. The summed E-state index contributed by atoms with van der Waals surface area (Å²) in [6.45, 7) is 3.62. The fraction of sp³-hybridized carbons (Fsp3) is 0.667. The van der Waals surface area contributed by atoms with Crippen LogP contribution in [0, 0.1) is 0 Å². The van der Waals surface area contributed by atoms with Crippen molar-refractivity contribution in [3.63, 3.8) is 0 Å². The number of amides is 1. The van der Waals surface area contributed by atoms with Crippen LogP contribution in [-0.4, -0.2) is 34.5 Å². The minimum atomic E-state index is -0.356. The molecule has 94 valence electrons. The van der Waals surface area contributed by atoms with Gasteiger partial charge in [-0.2, -0.15) is 0 Å². The van der Waals surface area contributed by atoms with E-state index in [0.29, 0.717) is 6.54 Å². The number of aromatic amines is 1. The molecular weight excluding hydrogens is 216 g/mol. The van der Waals surface area contributed by atoms with Gasteiger partial charge in [0, 0.05) is 25.4 Å². The van der Waals surface area contributed by atoms with E-state index in [1.54, 1.807) is 6.20 Å². The number of hydrogen-bond acceptors (Lipinski definition) is 3. The topological polar surface area (TPSA) is 69.8 Å². The van der Waals surface area contributed by atoms with Crippen LogP contribution in [0.25, 0.3) is 0 Å². The lowest BCUT2D eigenvalue weighted by Gasteiger charge is -2.22. The lowest BCUT2D eigenvalue weighted by Crippen LogP contribution is -2.51. The van der Waals surface area contributed by atoms with Crippen LogP contribution in [0.1, 0.15) is 32.0 Å². The maximum Gasteiger partial charge on any atom is 0.240 e. The number of H-pyrrole nitrogens is 1. The zero-order valence-electron chi connectivity index (χ0n) is 10.3. The van der Waals surface area contributed by atoms with E-state index in [0.717, 1.165) is 38.1 Å². The second-order valence-electron chi connectivity index (χ2n) is 4.76. The monoisotopic (exact) mass is 236 g/mol. The van der Waals surface area contributed by atoms with Crippen LogP contribution in [0.5, 0.6) is 0 Å². The van der Waals surface area contributed by atoms with Crippen LogP contribution in [0.4, 0.5) is 0 Å². The standard InChI is InChI=1S/C12H20N4O/c1-12(5-3-7-16-12)11(17)15-6-2-4-10-13-8-9-14-10/h8-9,16H,2-7H2,1H3,(H,13,14)(H,15,17). The van der Waals surface area contributed by atoms with Crippen molar-refractivity contribution >= 4 is 5.91 Å². The summed E-state index contributed by atoms with van der Waals surface area (Å²) in [6.07, 6.45) is 7.36. The van der Waals surface area contributed by atoms with Gasteiger partial charge in [-0.15, -0.1) is 0 Å². The van der Waals surface area contributed by atoms with Crippen molar-refractivity contribution in [3.05, 3.63) is 18.2 Å². The van der Waals surface area contributed by atoms with Crippen molar-refractivity contribution in [1.29, 1.82) is 0 Å². The fourth-order valence-corrected chi connectivity index (χ4v) is 2.18. The highest BCUT2D eigenvalue weighted by atomic mass is 16.2. The van der Waals surface area contributed by atoms with Crippen LogP contribution in [0.3, 0.4) is 0 Å². The highest BCUT2D eigenvalue weighted by molar-refractivity contribution is 5.86. The van der Waals surface area contributed by atoms with Gasteiger partial charge in [0.15, 0.2) is 0 Å². The minimum Gasteiger partial charge on any atom is -0.354 e. The van der Waals surface area contributed by atoms with Gasteiger partial charge in [-0.25, -0.2) is 4.98 Å². The fourth-order valence-electron chi connectivity index (χ4n) is 2.18. The number of aryl methyl sites for hydroxylation is 1. The molecule has 0 aliphatic carbocycles. The zero-order valence-corrected chi connectivity index (χ0v) is 10.3. The molecule has 0 spiro atoms. The van der Waals surface area contributed by atoms with Crippen molar-refractivity contribution in [2.45, 2.75) is 38.1 Å². The molecule has 1 saturated heterocycles. The molecule has 0 saturated carbocycles. The lowest BCUT2D eigenvalue weighted by molar-refractivity contribution is -0.126. The SMILES string of the molecule is CC1(C(=O)NCCCc2ncc[nH]2)CCCN1. The summed E-state index contributed by atoms with van der Waals surface area (Å²) in [7, 11) is 0. The van der Waals surface area contributed by atoms with Gasteiger partial charge in [-0.05, 0) is 32.7 Å². The zero-order chi connectivity index (χ0) is 12.1. The Bertz CT molecular complexity index is 355. The van der Waals surface area contributed by atoms with Gasteiger partial charge < -0.3 is 15.6 Å². The normalized spacial score (nSPS) is 23.8. The first-order chi connectivity index (χ1) is 8.21. The molecule has 1 atom stereocenters. The number of nitrogens with one attached hydrogen (secondary N) is 3. The highest BCUT2D eigenvalue weighted by Gasteiger charge is 2.35. The van der Waals surface area contributed by atoms with Crippen LogP contribution in [-0.2, 0) is 11.2 Å². The Morgan fingerprint density at radius 3 is 3.18 bits per heavy atom. The van der Waals surface area contributed by atoms with Crippen molar-refractivity contribution in [2.24, 2.45) is 0 Å². The molecule has 1 aliphatic rings. The second-order valence-corrected chi connectivity index (χ2v) is 4.76. The first-order valence-corrected chi connectivity index (χ1v) is 6.22. The molecule has 3 N–H and O–H groups in total. The number of imidazole rings is 1.